The number of benzene rings is 2. The van der Waals surface area contributed by atoms with Crippen molar-refractivity contribution in [1.29, 1.82) is 0 Å². The van der Waals surface area contributed by atoms with Gasteiger partial charge in [-0.25, -0.2) is 9.82 Å². The van der Waals surface area contributed by atoms with Crippen molar-refractivity contribution in [3.63, 3.8) is 0 Å². The first-order valence-corrected chi connectivity index (χ1v) is 6.34. The van der Waals surface area contributed by atoms with Gasteiger partial charge >= 0.3 is 0 Å². The summed E-state index contributed by atoms with van der Waals surface area (Å²) in [6.07, 6.45) is 1.62. The number of hydrazone groups is 1. The monoisotopic (exact) mass is 290 g/mol. The fraction of sp³-hybridized carbons (Fsp3) is 0.0667. The van der Waals surface area contributed by atoms with Gasteiger partial charge in [0.2, 0.25) is 5.91 Å². The second-order valence-corrected chi connectivity index (χ2v) is 4.53. The molecule has 3 nitrogen and oxygen atoms in total. The normalized spacial score (nSPS) is 10.7. The smallest absolute Gasteiger partial charge is 0.244 e. The summed E-state index contributed by atoms with van der Waals surface area (Å²) in [4.78, 5) is 11.6. The molecule has 2 aromatic rings. The van der Waals surface area contributed by atoms with Crippen molar-refractivity contribution in [3.8, 4) is 0 Å². The van der Waals surface area contributed by atoms with Gasteiger partial charge in [-0.05, 0) is 23.8 Å². The molecule has 0 heterocycles. The van der Waals surface area contributed by atoms with Crippen molar-refractivity contribution < 1.29 is 9.18 Å². The third-order valence-corrected chi connectivity index (χ3v) is 2.89. The fourth-order valence-corrected chi connectivity index (χ4v) is 1.82. The lowest BCUT2D eigenvalue weighted by Crippen LogP contribution is -2.19. The van der Waals surface area contributed by atoms with Crippen LogP contribution in [0, 0.1) is 5.82 Å². The lowest BCUT2D eigenvalue weighted by atomic mass is 10.1. The van der Waals surface area contributed by atoms with E-state index in [1.165, 1.54) is 24.4 Å². The van der Waals surface area contributed by atoms with Crippen LogP contribution in [-0.4, -0.2) is 12.1 Å². The van der Waals surface area contributed by atoms with E-state index in [9.17, 15) is 9.18 Å². The van der Waals surface area contributed by atoms with Crippen LogP contribution in [0.3, 0.4) is 0 Å². The average Bonchev–Trinajstić information content (AvgIpc) is 2.42. The third-order valence-electron chi connectivity index (χ3n) is 2.56. The highest BCUT2D eigenvalue weighted by Crippen LogP contribution is 2.14. The average molecular weight is 291 g/mol. The summed E-state index contributed by atoms with van der Waals surface area (Å²) in [6.45, 7) is 0. The third kappa shape index (κ3) is 4.17. The van der Waals surface area contributed by atoms with Crippen molar-refractivity contribution >= 4 is 23.7 Å². The quantitative estimate of drug-likeness (QED) is 0.682. The molecule has 0 saturated heterocycles. The molecule has 0 aromatic heterocycles. The SMILES string of the molecule is O=C(Cc1ccccc1)NN=Cc1ccc(F)cc1Cl. The highest BCUT2D eigenvalue weighted by atomic mass is 35.5. The van der Waals surface area contributed by atoms with Gasteiger partial charge in [0.25, 0.3) is 0 Å². The molecule has 0 atom stereocenters. The number of halogens is 2. The van der Waals surface area contributed by atoms with E-state index in [0.29, 0.717) is 5.56 Å². The van der Waals surface area contributed by atoms with E-state index in [2.05, 4.69) is 10.5 Å². The highest BCUT2D eigenvalue weighted by Gasteiger charge is 2.02. The second-order valence-electron chi connectivity index (χ2n) is 4.12. The van der Waals surface area contributed by atoms with Gasteiger partial charge in [0.05, 0.1) is 17.7 Å². The number of carbonyl (C=O) groups is 1. The largest absolute Gasteiger partial charge is 0.273 e. The molecule has 2 rings (SSSR count). The maximum atomic E-state index is 12.8. The minimum absolute atomic E-state index is 0.231. The topological polar surface area (TPSA) is 41.5 Å². The van der Waals surface area contributed by atoms with Crippen molar-refractivity contribution in [2.45, 2.75) is 6.42 Å². The molecule has 5 heteroatoms. The van der Waals surface area contributed by atoms with Crippen LogP contribution in [0.15, 0.2) is 53.6 Å². The number of amides is 1. The molecule has 0 aliphatic rings. The standard InChI is InChI=1S/C15H12ClFN2O/c16-14-9-13(17)7-6-12(14)10-18-19-15(20)8-11-4-2-1-3-5-11/h1-7,9-10H,8H2,(H,19,20). The number of rotatable bonds is 4. The van der Waals surface area contributed by atoms with Crippen LogP contribution in [0.5, 0.6) is 0 Å². The van der Waals surface area contributed by atoms with Crippen molar-refractivity contribution in [3.05, 3.63) is 70.5 Å². The first-order valence-electron chi connectivity index (χ1n) is 5.96. The Kier molecular flexibility index (Phi) is 4.85. The molecule has 1 amide bonds. The Labute approximate surface area is 121 Å². The fourth-order valence-electron chi connectivity index (χ4n) is 1.60. The van der Waals surface area contributed by atoms with Gasteiger partial charge in [0, 0.05) is 5.56 Å². The predicted octanol–water partition coefficient (Wildman–Crippen LogP) is 3.17. The molecular formula is C15H12ClFN2O. The Bertz CT molecular complexity index is 629. The van der Waals surface area contributed by atoms with Crippen LogP contribution in [0.2, 0.25) is 5.02 Å². The van der Waals surface area contributed by atoms with Crippen molar-refractivity contribution in [2.24, 2.45) is 5.10 Å². The lowest BCUT2D eigenvalue weighted by Gasteiger charge is -2.00. The van der Waals surface area contributed by atoms with Crippen LogP contribution in [0.25, 0.3) is 0 Å². The highest BCUT2D eigenvalue weighted by molar-refractivity contribution is 6.33. The van der Waals surface area contributed by atoms with Gasteiger partial charge in [-0.15, -0.1) is 0 Å². The van der Waals surface area contributed by atoms with Gasteiger partial charge in [0.1, 0.15) is 5.82 Å². The molecule has 0 spiro atoms. The summed E-state index contributed by atoms with van der Waals surface area (Å²) >= 11 is 5.83. The minimum atomic E-state index is -0.416. The molecule has 0 bridgehead atoms. The number of nitrogens with one attached hydrogen (secondary N) is 1. The number of hydrogen-bond donors (Lipinski definition) is 1. The first-order chi connectivity index (χ1) is 9.65. The molecule has 0 aliphatic carbocycles. The Morgan fingerprint density at radius 3 is 2.70 bits per heavy atom. The predicted molar refractivity (Wildman–Crippen MR) is 77.3 cm³/mol. The first kappa shape index (κ1) is 14.2. The summed E-state index contributed by atoms with van der Waals surface area (Å²) in [7, 11) is 0. The summed E-state index contributed by atoms with van der Waals surface area (Å²) in [5.41, 5.74) is 3.84. The number of nitrogens with zero attached hydrogens (tertiary/aromatic N) is 1. The van der Waals surface area contributed by atoms with Crippen LogP contribution < -0.4 is 5.43 Å². The van der Waals surface area contributed by atoms with Gasteiger partial charge < -0.3 is 0 Å². The Morgan fingerprint density at radius 2 is 2.00 bits per heavy atom. The van der Waals surface area contributed by atoms with Gasteiger partial charge in [-0.2, -0.15) is 5.10 Å². The summed E-state index contributed by atoms with van der Waals surface area (Å²) in [5, 5.41) is 4.04. The Morgan fingerprint density at radius 1 is 1.25 bits per heavy atom. The van der Waals surface area contributed by atoms with E-state index in [-0.39, 0.29) is 17.4 Å². The minimum Gasteiger partial charge on any atom is -0.273 e. The summed E-state index contributed by atoms with van der Waals surface area (Å²) in [6, 6.07) is 13.3. The molecule has 0 radical (unpaired) electrons. The summed E-state index contributed by atoms with van der Waals surface area (Å²) < 4.78 is 12.8. The maximum Gasteiger partial charge on any atom is 0.244 e. The van der Waals surface area contributed by atoms with Crippen molar-refractivity contribution in [2.75, 3.05) is 0 Å². The van der Waals surface area contributed by atoms with Crippen LogP contribution in [0.4, 0.5) is 4.39 Å². The van der Waals surface area contributed by atoms with Gasteiger partial charge in [0.15, 0.2) is 0 Å². The van der Waals surface area contributed by atoms with E-state index in [1.807, 2.05) is 30.3 Å². The second kappa shape index (κ2) is 6.82. The van der Waals surface area contributed by atoms with E-state index in [4.69, 9.17) is 11.6 Å². The molecule has 102 valence electrons. The Balaban J connectivity index is 1.91. The summed E-state index contributed by atoms with van der Waals surface area (Å²) in [5.74, 6) is -0.647. The molecule has 0 unspecified atom stereocenters. The Hall–Kier alpha value is -2.20. The number of hydrogen-bond acceptors (Lipinski definition) is 2. The zero-order chi connectivity index (χ0) is 14.4. The van der Waals surface area contributed by atoms with Gasteiger partial charge in [-0.1, -0.05) is 41.9 Å². The maximum absolute atomic E-state index is 12.8. The molecule has 2 aromatic carbocycles. The molecule has 0 saturated carbocycles. The lowest BCUT2D eigenvalue weighted by molar-refractivity contribution is -0.120. The molecule has 1 N–H and O–H groups in total. The molecule has 0 fully saturated rings. The van der Waals surface area contributed by atoms with Gasteiger partial charge in [-0.3, -0.25) is 4.79 Å². The zero-order valence-corrected chi connectivity index (χ0v) is 11.3. The van der Waals surface area contributed by atoms with E-state index in [1.54, 1.807) is 0 Å². The molecule has 0 aliphatic heterocycles. The van der Waals surface area contributed by atoms with E-state index in [0.717, 1.165) is 5.56 Å². The van der Waals surface area contributed by atoms with E-state index < -0.39 is 5.82 Å². The van der Waals surface area contributed by atoms with E-state index >= 15 is 0 Å². The van der Waals surface area contributed by atoms with Crippen LogP contribution >= 0.6 is 11.6 Å². The van der Waals surface area contributed by atoms with Crippen LogP contribution in [0.1, 0.15) is 11.1 Å². The molecule has 20 heavy (non-hydrogen) atoms. The van der Waals surface area contributed by atoms with Crippen LogP contribution in [-0.2, 0) is 11.2 Å². The zero-order valence-electron chi connectivity index (χ0n) is 10.5. The van der Waals surface area contributed by atoms with Crippen molar-refractivity contribution in [1.82, 2.24) is 5.43 Å². The number of carbonyl (C=O) groups excluding carboxylic acids is 1. The molecular weight excluding hydrogens is 279 g/mol.